The molecule has 2 unspecified atom stereocenters. The summed E-state index contributed by atoms with van der Waals surface area (Å²) in [7, 11) is -3.53. The van der Waals surface area contributed by atoms with Crippen molar-refractivity contribution in [2.45, 2.75) is 37.0 Å². The van der Waals surface area contributed by atoms with Crippen LogP contribution in [-0.4, -0.2) is 42.3 Å². The fourth-order valence-corrected chi connectivity index (χ4v) is 7.06. The molecule has 2 atom stereocenters. The molecule has 2 heterocycles. The molecule has 1 amide bonds. The van der Waals surface area contributed by atoms with E-state index in [2.05, 4.69) is 4.99 Å². The Balaban J connectivity index is 2.18. The highest BCUT2D eigenvalue weighted by atomic mass is 32.2. The molecular weight excluding hydrogens is 446 g/mol. The van der Waals surface area contributed by atoms with Gasteiger partial charge in [-0.1, -0.05) is 18.7 Å². The number of rotatable bonds is 2. The zero-order valence-corrected chi connectivity index (χ0v) is 16.3. The van der Waals surface area contributed by atoms with Crippen LogP contribution in [0.1, 0.15) is 24.5 Å². The van der Waals surface area contributed by atoms with E-state index >= 15 is 0 Å². The van der Waals surface area contributed by atoms with Crippen LogP contribution in [0, 0.1) is 0 Å². The van der Waals surface area contributed by atoms with E-state index in [4.69, 9.17) is 0 Å². The van der Waals surface area contributed by atoms with Crippen molar-refractivity contribution >= 4 is 38.4 Å². The Labute approximate surface area is 166 Å². The molecule has 29 heavy (non-hydrogen) atoms. The van der Waals surface area contributed by atoms with E-state index in [1.54, 1.807) is 0 Å². The topological polar surface area (TPSA) is 66.8 Å². The number of hydrogen-bond donors (Lipinski definition) is 0. The summed E-state index contributed by atoms with van der Waals surface area (Å²) in [6.07, 6.45) is -10.1. The number of anilines is 1. The van der Waals surface area contributed by atoms with Crippen molar-refractivity contribution in [3.63, 3.8) is 0 Å². The van der Waals surface area contributed by atoms with Gasteiger partial charge in [0.25, 0.3) is 0 Å². The molecule has 13 heteroatoms. The van der Waals surface area contributed by atoms with E-state index < -0.39 is 62.0 Å². The van der Waals surface area contributed by atoms with Crippen molar-refractivity contribution in [1.29, 1.82) is 0 Å². The summed E-state index contributed by atoms with van der Waals surface area (Å²) in [6, 6.07) is 0.0891. The number of aliphatic imine (C=N–C) groups is 1. The molecule has 2 aliphatic rings. The van der Waals surface area contributed by atoms with Crippen LogP contribution in [0.2, 0.25) is 0 Å². The Morgan fingerprint density at radius 2 is 1.66 bits per heavy atom. The number of carbonyl (C=O) groups excluding carboxylic acids is 1. The number of amidine groups is 1. The highest BCUT2D eigenvalue weighted by molar-refractivity contribution is 8.16. The number of nitrogens with zero attached hydrogens (tertiary/aromatic N) is 2. The lowest BCUT2D eigenvalue weighted by Crippen LogP contribution is -2.38. The van der Waals surface area contributed by atoms with E-state index in [0.29, 0.717) is 12.1 Å². The van der Waals surface area contributed by atoms with Gasteiger partial charge in [-0.05, 0) is 18.2 Å². The quantitative estimate of drug-likeness (QED) is 0.630. The van der Waals surface area contributed by atoms with Gasteiger partial charge in [-0.25, -0.2) is 8.42 Å². The number of hydrogen-bond acceptors (Lipinski definition) is 4. The Bertz CT molecular complexity index is 940. The maximum atomic E-state index is 13.2. The first-order chi connectivity index (χ1) is 13.2. The van der Waals surface area contributed by atoms with Crippen molar-refractivity contribution in [3.8, 4) is 0 Å². The van der Waals surface area contributed by atoms with E-state index in [1.807, 2.05) is 0 Å². The molecule has 1 aromatic rings. The smallest absolute Gasteiger partial charge is 0.316 e. The highest BCUT2D eigenvalue weighted by Gasteiger charge is 2.50. The van der Waals surface area contributed by atoms with Crippen LogP contribution in [0.15, 0.2) is 23.2 Å². The molecule has 0 radical (unpaired) electrons. The third-order valence-corrected chi connectivity index (χ3v) is 7.65. The van der Waals surface area contributed by atoms with Gasteiger partial charge in [0.15, 0.2) is 15.0 Å². The molecule has 160 valence electrons. The number of sulfone groups is 1. The van der Waals surface area contributed by atoms with Gasteiger partial charge >= 0.3 is 12.4 Å². The first kappa shape index (κ1) is 21.9. The van der Waals surface area contributed by atoms with Crippen LogP contribution >= 0.6 is 11.8 Å². The zero-order valence-electron chi connectivity index (χ0n) is 14.7. The molecule has 3 rings (SSSR count). The van der Waals surface area contributed by atoms with E-state index in [-0.39, 0.29) is 23.4 Å². The lowest BCUT2D eigenvalue weighted by atomic mass is 10.1. The molecule has 0 bridgehead atoms. The van der Waals surface area contributed by atoms with Crippen LogP contribution in [0.4, 0.5) is 32.0 Å². The molecule has 0 aliphatic carbocycles. The van der Waals surface area contributed by atoms with Crippen LogP contribution in [0.3, 0.4) is 0 Å². The van der Waals surface area contributed by atoms with Crippen LogP contribution in [-0.2, 0) is 27.0 Å². The van der Waals surface area contributed by atoms with Crippen molar-refractivity contribution in [1.82, 2.24) is 0 Å². The van der Waals surface area contributed by atoms with Gasteiger partial charge in [0.2, 0.25) is 5.91 Å². The van der Waals surface area contributed by atoms with Crippen molar-refractivity contribution in [2.24, 2.45) is 4.99 Å². The number of thioether (sulfide) groups is 1. The maximum Gasteiger partial charge on any atom is 0.416 e. The van der Waals surface area contributed by atoms with Crippen molar-refractivity contribution in [3.05, 3.63) is 29.3 Å². The number of benzene rings is 1. The third-order valence-electron chi connectivity index (χ3n) is 4.44. The minimum Gasteiger partial charge on any atom is -0.316 e. The number of halogens is 6. The molecular formula is C16H14F6N2O3S2. The molecule has 0 N–H and O–H groups in total. The first-order valence-electron chi connectivity index (χ1n) is 8.28. The second-order valence-corrected chi connectivity index (χ2v) is 9.94. The molecule has 2 aliphatic heterocycles. The number of alkyl halides is 6. The fourth-order valence-electron chi connectivity index (χ4n) is 3.13. The number of fused-ring (bicyclic) bond motifs is 1. The molecule has 1 aromatic carbocycles. The Kier molecular flexibility index (Phi) is 5.43. The average Bonchev–Trinajstić information content (AvgIpc) is 3.03. The molecule has 2 saturated heterocycles. The van der Waals surface area contributed by atoms with Crippen LogP contribution in [0.25, 0.3) is 0 Å². The van der Waals surface area contributed by atoms with Gasteiger partial charge in [0.05, 0.1) is 28.7 Å². The monoisotopic (exact) mass is 460 g/mol. The minimum atomic E-state index is -5.05. The van der Waals surface area contributed by atoms with E-state index in [0.717, 1.165) is 16.7 Å². The predicted molar refractivity (Wildman–Crippen MR) is 95.5 cm³/mol. The Morgan fingerprint density at radius 3 is 2.14 bits per heavy atom. The van der Waals surface area contributed by atoms with Crippen molar-refractivity contribution in [2.75, 3.05) is 16.4 Å². The highest BCUT2D eigenvalue weighted by Crippen LogP contribution is 2.44. The second kappa shape index (κ2) is 7.18. The lowest BCUT2D eigenvalue weighted by molar-refractivity contribution is -0.143. The summed E-state index contributed by atoms with van der Waals surface area (Å²) >= 11 is 0.870. The normalized spacial score (nSPS) is 25.5. The third kappa shape index (κ3) is 4.55. The standard InChI is InChI=1S/C16H14F6N2O3S2/c1-2-13(25)23-14-24(11-6-29(26,27)7-12(11)28-14)10-4-8(15(17,18)19)3-9(5-10)16(20,21)22/h3-5,11-12H,2,6-7H2,1H3. The van der Waals surface area contributed by atoms with Crippen LogP contribution < -0.4 is 4.90 Å². The molecule has 2 fully saturated rings. The maximum absolute atomic E-state index is 13.2. The second-order valence-electron chi connectivity index (χ2n) is 6.58. The summed E-state index contributed by atoms with van der Waals surface area (Å²) in [5.74, 6) is -1.38. The molecule has 0 aromatic heterocycles. The summed E-state index contributed by atoms with van der Waals surface area (Å²) in [5.41, 5.74) is -3.57. The summed E-state index contributed by atoms with van der Waals surface area (Å²) in [6.45, 7) is 1.49. The minimum absolute atomic E-state index is 0.0103. The number of carbonyl (C=O) groups is 1. The van der Waals surface area contributed by atoms with Gasteiger partial charge < -0.3 is 4.90 Å². The predicted octanol–water partition coefficient (Wildman–Crippen LogP) is 3.74. The Morgan fingerprint density at radius 1 is 1.10 bits per heavy atom. The largest absolute Gasteiger partial charge is 0.416 e. The van der Waals surface area contributed by atoms with Gasteiger partial charge in [0.1, 0.15) is 0 Å². The number of amides is 1. The Hall–Kier alpha value is -1.76. The summed E-state index contributed by atoms with van der Waals surface area (Å²) in [4.78, 5) is 16.5. The van der Waals surface area contributed by atoms with Crippen molar-refractivity contribution < 1.29 is 39.6 Å². The van der Waals surface area contributed by atoms with Crippen LogP contribution in [0.5, 0.6) is 0 Å². The van der Waals surface area contributed by atoms with Gasteiger partial charge in [-0.2, -0.15) is 31.3 Å². The summed E-state index contributed by atoms with van der Waals surface area (Å²) < 4.78 is 103. The molecule has 0 saturated carbocycles. The lowest BCUT2D eigenvalue weighted by Gasteiger charge is -2.26. The van der Waals surface area contributed by atoms with E-state index in [1.165, 1.54) is 6.92 Å². The summed E-state index contributed by atoms with van der Waals surface area (Å²) in [5, 5.41) is -0.749. The zero-order chi connectivity index (χ0) is 21.8. The van der Waals surface area contributed by atoms with E-state index in [9.17, 15) is 39.6 Å². The van der Waals surface area contributed by atoms with Gasteiger partial charge in [-0.15, -0.1) is 0 Å². The fraction of sp³-hybridized carbons (Fsp3) is 0.500. The molecule has 5 nitrogen and oxygen atoms in total. The SMILES string of the molecule is CCC(=O)N=C1SC2CS(=O)(=O)CC2N1c1cc(C(F)(F)F)cc(C(F)(F)F)c1. The first-order valence-corrected chi connectivity index (χ1v) is 11.0. The van der Waals surface area contributed by atoms with Gasteiger partial charge in [0, 0.05) is 17.4 Å². The molecule has 0 spiro atoms. The van der Waals surface area contributed by atoms with Gasteiger partial charge in [-0.3, -0.25) is 4.79 Å². The average molecular weight is 460 g/mol.